The number of hydrogen-bond donors (Lipinski definition) is 0. The number of ether oxygens (including phenoxy) is 2. The minimum Gasteiger partial charge on any atom is -0.481 e. The molecule has 1 unspecified atom stereocenters. The topological polar surface area (TPSA) is 78.4 Å². The van der Waals surface area contributed by atoms with Crippen molar-refractivity contribution >= 4 is 21.4 Å². The lowest BCUT2D eigenvalue weighted by Crippen LogP contribution is -2.18. The van der Waals surface area contributed by atoms with Crippen molar-refractivity contribution in [3.63, 3.8) is 0 Å². The van der Waals surface area contributed by atoms with E-state index in [4.69, 9.17) is 21.1 Å². The Morgan fingerprint density at radius 3 is 2.17 bits per heavy atom. The third-order valence-corrected chi connectivity index (χ3v) is 4.40. The van der Waals surface area contributed by atoms with E-state index in [1.807, 2.05) is 0 Å². The van der Waals surface area contributed by atoms with Crippen LogP contribution in [0, 0.1) is 5.92 Å². The smallest absolute Gasteiger partial charge is 0.253 e. The predicted molar refractivity (Wildman–Crippen MR) is 67.1 cm³/mol. The maximum atomic E-state index is 12.0. The first-order valence-electron chi connectivity index (χ1n) is 5.18. The average Bonchev–Trinajstić information content (AvgIpc) is 2.37. The van der Waals surface area contributed by atoms with Gasteiger partial charge in [0, 0.05) is 5.88 Å². The fraction of sp³-hybridized carbons (Fsp3) is 0.600. The SMILES string of the molecule is COc1cc(OC)nc(S(=O)(=O)CC(C)CCl)n1. The van der Waals surface area contributed by atoms with E-state index in [9.17, 15) is 8.42 Å². The van der Waals surface area contributed by atoms with Gasteiger partial charge in [-0.1, -0.05) is 6.92 Å². The monoisotopic (exact) mass is 294 g/mol. The van der Waals surface area contributed by atoms with Crippen LogP contribution < -0.4 is 9.47 Å². The van der Waals surface area contributed by atoms with Crippen LogP contribution in [0.1, 0.15) is 6.92 Å². The molecule has 0 aromatic carbocycles. The molecule has 0 amide bonds. The van der Waals surface area contributed by atoms with Crippen molar-refractivity contribution in [2.24, 2.45) is 5.92 Å². The maximum Gasteiger partial charge on any atom is 0.253 e. The van der Waals surface area contributed by atoms with Crippen molar-refractivity contribution in [2.45, 2.75) is 12.1 Å². The molecule has 1 atom stereocenters. The molecule has 0 spiro atoms. The number of alkyl halides is 1. The van der Waals surface area contributed by atoms with Crippen molar-refractivity contribution in [3.8, 4) is 11.8 Å². The van der Waals surface area contributed by atoms with Gasteiger partial charge >= 0.3 is 0 Å². The van der Waals surface area contributed by atoms with Crippen LogP contribution in [0.4, 0.5) is 0 Å². The summed E-state index contributed by atoms with van der Waals surface area (Å²) >= 11 is 5.61. The lowest BCUT2D eigenvalue weighted by atomic mass is 10.3. The highest BCUT2D eigenvalue weighted by Gasteiger charge is 2.23. The summed E-state index contributed by atoms with van der Waals surface area (Å²) in [6, 6.07) is 1.41. The number of methoxy groups -OCH3 is 2. The van der Waals surface area contributed by atoms with E-state index in [0.717, 1.165) is 0 Å². The van der Waals surface area contributed by atoms with Crippen molar-refractivity contribution in [2.75, 3.05) is 25.9 Å². The average molecular weight is 295 g/mol. The molecule has 0 saturated heterocycles. The van der Waals surface area contributed by atoms with Gasteiger partial charge in [0.15, 0.2) is 0 Å². The third-order valence-electron chi connectivity index (χ3n) is 2.12. The standard InChI is InChI=1S/C10H15ClN2O4S/c1-7(5-11)6-18(14,15)10-12-8(16-2)4-9(13-10)17-3/h4,7H,5-6H2,1-3H3. The molecule has 0 fully saturated rings. The van der Waals surface area contributed by atoms with Gasteiger partial charge in [-0.3, -0.25) is 0 Å². The van der Waals surface area contributed by atoms with Crippen LogP contribution in [0.25, 0.3) is 0 Å². The lowest BCUT2D eigenvalue weighted by molar-refractivity contribution is 0.362. The number of sulfone groups is 1. The first kappa shape index (κ1) is 15.0. The van der Waals surface area contributed by atoms with Crippen molar-refractivity contribution in [1.29, 1.82) is 0 Å². The highest BCUT2D eigenvalue weighted by atomic mass is 35.5. The number of nitrogens with zero attached hydrogens (tertiary/aromatic N) is 2. The largest absolute Gasteiger partial charge is 0.481 e. The van der Waals surface area contributed by atoms with Gasteiger partial charge in [0.25, 0.3) is 5.16 Å². The van der Waals surface area contributed by atoms with Crippen molar-refractivity contribution in [1.82, 2.24) is 9.97 Å². The Balaban J connectivity index is 3.15. The first-order chi connectivity index (χ1) is 8.42. The number of hydrogen-bond acceptors (Lipinski definition) is 6. The Bertz CT molecular complexity index is 484. The number of halogens is 1. The molecule has 0 bridgehead atoms. The Labute approximate surface area is 111 Å². The molecule has 1 aromatic heterocycles. The Kier molecular flexibility index (Phi) is 5.15. The van der Waals surface area contributed by atoms with Gasteiger partial charge in [-0.15, -0.1) is 11.6 Å². The van der Waals surface area contributed by atoms with Gasteiger partial charge in [-0.05, 0) is 5.92 Å². The Morgan fingerprint density at radius 2 is 1.78 bits per heavy atom. The van der Waals surface area contributed by atoms with Crippen LogP contribution in [-0.4, -0.2) is 44.2 Å². The van der Waals surface area contributed by atoms with Gasteiger partial charge in [-0.2, -0.15) is 9.97 Å². The summed E-state index contributed by atoms with van der Waals surface area (Å²) in [5, 5.41) is -0.310. The van der Waals surface area contributed by atoms with Crippen LogP contribution in [0.15, 0.2) is 11.2 Å². The van der Waals surface area contributed by atoms with Crippen LogP contribution >= 0.6 is 11.6 Å². The van der Waals surface area contributed by atoms with E-state index in [1.54, 1.807) is 6.92 Å². The summed E-state index contributed by atoms with van der Waals surface area (Å²) in [6.45, 7) is 1.74. The molecule has 18 heavy (non-hydrogen) atoms. The summed E-state index contributed by atoms with van der Waals surface area (Å²) in [6.07, 6.45) is 0. The van der Waals surface area contributed by atoms with E-state index in [2.05, 4.69) is 9.97 Å². The molecule has 0 aliphatic carbocycles. The fourth-order valence-electron chi connectivity index (χ4n) is 1.23. The first-order valence-corrected chi connectivity index (χ1v) is 7.37. The second-order valence-electron chi connectivity index (χ2n) is 3.78. The second-order valence-corrected chi connectivity index (χ2v) is 6.01. The van der Waals surface area contributed by atoms with Gasteiger partial charge in [0.2, 0.25) is 21.6 Å². The summed E-state index contributed by atoms with van der Waals surface area (Å²) in [5.74, 6) is 0.225. The van der Waals surface area contributed by atoms with Crippen LogP contribution in [-0.2, 0) is 9.84 Å². The van der Waals surface area contributed by atoms with Gasteiger partial charge in [-0.25, -0.2) is 8.42 Å². The number of rotatable bonds is 6. The molecule has 8 heteroatoms. The van der Waals surface area contributed by atoms with E-state index >= 15 is 0 Å². The quantitative estimate of drug-likeness (QED) is 0.578. The predicted octanol–water partition coefficient (Wildman–Crippen LogP) is 1.14. The van der Waals surface area contributed by atoms with E-state index < -0.39 is 9.84 Å². The molecule has 102 valence electrons. The molecule has 0 saturated carbocycles. The molecule has 0 radical (unpaired) electrons. The zero-order chi connectivity index (χ0) is 13.8. The molecular formula is C10H15ClN2O4S. The molecule has 0 aliphatic rings. The molecule has 1 aromatic rings. The minimum absolute atomic E-state index is 0.118. The maximum absolute atomic E-state index is 12.0. The molecular weight excluding hydrogens is 280 g/mol. The van der Waals surface area contributed by atoms with E-state index in [1.165, 1.54) is 20.3 Å². The second kappa shape index (κ2) is 6.19. The Hall–Kier alpha value is -1.08. The molecule has 0 aliphatic heterocycles. The lowest BCUT2D eigenvalue weighted by Gasteiger charge is -2.09. The zero-order valence-electron chi connectivity index (χ0n) is 10.4. The zero-order valence-corrected chi connectivity index (χ0v) is 12.0. The molecule has 6 nitrogen and oxygen atoms in total. The van der Waals surface area contributed by atoms with Crippen LogP contribution in [0.3, 0.4) is 0 Å². The summed E-state index contributed by atoms with van der Waals surface area (Å²) in [5.41, 5.74) is 0. The van der Waals surface area contributed by atoms with Crippen LogP contribution in [0.2, 0.25) is 0 Å². The minimum atomic E-state index is -3.60. The normalized spacial score (nSPS) is 13.1. The number of aromatic nitrogens is 2. The van der Waals surface area contributed by atoms with E-state index in [-0.39, 0.29) is 34.5 Å². The molecule has 1 heterocycles. The molecule has 0 N–H and O–H groups in total. The summed E-state index contributed by atoms with van der Waals surface area (Å²) in [7, 11) is -0.827. The van der Waals surface area contributed by atoms with Gasteiger partial charge in [0.05, 0.1) is 26.0 Å². The van der Waals surface area contributed by atoms with Gasteiger partial charge < -0.3 is 9.47 Å². The summed E-state index contributed by atoms with van der Waals surface area (Å²) in [4.78, 5) is 7.63. The highest BCUT2D eigenvalue weighted by molar-refractivity contribution is 7.91. The fourth-order valence-corrected chi connectivity index (χ4v) is 2.94. The molecule has 1 rings (SSSR count). The van der Waals surface area contributed by atoms with Gasteiger partial charge in [0.1, 0.15) is 0 Å². The van der Waals surface area contributed by atoms with Crippen molar-refractivity contribution in [3.05, 3.63) is 6.07 Å². The van der Waals surface area contributed by atoms with Crippen molar-refractivity contribution < 1.29 is 17.9 Å². The highest BCUT2D eigenvalue weighted by Crippen LogP contribution is 2.19. The van der Waals surface area contributed by atoms with Crippen LogP contribution in [0.5, 0.6) is 11.8 Å². The third kappa shape index (κ3) is 3.71. The Morgan fingerprint density at radius 1 is 1.28 bits per heavy atom. The van der Waals surface area contributed by atoms with E-state index in [0.29, 0.717) is 0 Å². The summed E-state index contributed by atoms with van der Waals surface area (Å²) < 4.78 is 33.9.